The Morgan fingerprint density at radius 2 is 1.79 bits per heavy atom. The predicted molar refractivity (Wildman–Crippen MR) is 91.6 cm³/mol. The lowest BCUT2D eigenvalue weighted by Gasteiger charge is -2.37. The molecular weight excluding hydrogens is 304 g/mol. The highest BCUT2D eigenvalue weighted by Crippen LogP contribution is 2.34. The van der Waals surface area contributed by atoms with Crippen molar-refractivity contribution < 1.29 is 9.59 Å². The molecule has 4 atom stereocenters. The van der Waals surface area contributed by atoms with Gasteiger partial charge in [0, 0.05) is 24.7 Å². The summed E-state index contributed by atoms with van der Waals surface area (Å²) in [4.78, 5) is 31.2. The van der Waals surface area contributed by atoms with Crippen LogP contribution in [0, 0.1) is 0 Å². The minimum Gasteiger partial charge on any atom is -0.335 e. The Labute approximate surface area is 143 Å². The molecule has 1 aliphatic carbocycles. The summed E-state index contributed by atoms with van der Waals surface area (Å²) in [6.07, 6.45) is 12.3. The van der Waals surface area contributed by atoms with Crippen LogP contribution >= 0.6 is 0 Å². The molecule has 3 aliphatic heterocycles. The minimum absolute atomic E-state index is 0.0353. The Balaban J connectivity index is 1.47. The van der Waals surface area contributed by atoms with E-state index in [1.165, 1.54) is 17.7 Å². The second kappa shape index (κ2) is 5.92. The first-order valence-electron chi connectivity index (χ1n) is 9.07. The molecule has 0 saturated carbocycles. The molecule has 0 aromatic carbocycles. The summed E-state index contributed by atoms with van der Waals surface area (Å²) in [5, 5.41) is 3.15. The SMILES string of the molecule is CCN1C(=O)N(C(=O)NC2CC3CCC(C2)N3C)C2C=CC=CC21. The van der Waals surface area contributed by atoms with Gasteiger partial charge in [0.1, 0.15) is 0 Å². The van der Waals surface area contributed by atoms with E-state index >= 15 is 0 Å². The zero-order valence-corrected chi connectivity index (χ0v) is 14.4. The Morgan fingerprint density at radius 3 is 2.42 bits per heavy atom. The van der Waals surface area contributed by atoms with Crippen LogP contribution in [0.25, 0.3) is 0 Å². The van der Waals surface area contributed by atoms with Crippen molar-refractivity contribution in [3.05, 3.63) is 24.3 Å². The fourth-order valence-corrected chi connectivity index (χ4v) is 4.85. The summed E-state index contributed by atoms with van der Waals surface area (Å²) in [7, 11) is 2.19. The van der Waals surface area contributed by atoms with Gasteiger partial charge in [-0.1, -0.05) is 24.3 Å². The monoisotopic (exact) mass is 330 g/mol. The summed E-state index contributed by atoms with van der Waals surface area (Å²) >= 11 is 0. The van der Waals surface area contributed by atoms with Crippen molar-refractivity contribution >= 4 is 12.1 Å². The van der Waals surface area contributed by atoms with Crippen molar-refractivity contribution in [3.8, 4) is 0 Å². The number of hydrogen-bond acceptors (Lipinski definition) is 3. The van der Waals surface area contributed by atoms with E-state index in [4.69, 9.17) is 0 Å². The standard InChI is InChI=1S/C18H26N4O2/c1-3-21-15-6-4-5-7-16(15)22(18(21)24)17(23)19-12-10-13-8-9-14(11-12)20(13)2/h4-7,12-16H,3,8-11H2,1-2H3,(H,19,23). The molecule has 0 radical (unpaired) electrons. The number of urea groups is 2. The molecule has 4 rings (SSSR count). The van der Waals surface area contributed by atoms with Crippen LogP contribution in [0.2, 0.25) is 0 Å². The maximum absolute atomic E-state index is 12.9. The first kappa shape index (κ1) is 15.7. The fraction of sp³-hybridized carbons (Fsp3) is 0.667. The van der Waals surface area contributed by atoms with Gasteiger partial charge in [0.2, 0.25) is 0 Å². The molecule has 3 fully saturated rings. The van der Waals surface area contributed by atoms with Crippen LogP contribution < -0.4 is 5.32 Å². The van der Waals surface area contributed by atoms with Crippen LogP contribution in [0.3, 0.4) is 0 Å². The molecular formula is C18H26N4O2. The van der Waals surface area contributed by atoms with Gasteiger partial charge in [0.05, 0.1) is 12.1 Å². The Bertz CT molecular complexity index is 588. The number of fused-ring (bicyclic) bond motifs is 3. The fourth-order valence-electron chi connectivity index (χ4n) is 4.85. The summed E-state index contributed by atoms with van der Waals surface area (Å²) in [6, 6.07) is 0.673. The Kier molecular flexibility index (Phi) is 3.87. The minimum atomic E-state index is -0.236. The maximum Gasteiger partial charge on any atom is 0.329 e. The van der Waals surface area contributed by atoms with Crippen LogP contribution in [0.1, 0.15) is 32.6 Å². The largest absolute Gasteiger partial charge is 0.335 e. The van der Waals surface area contributed by atoms with Crippen LogP contribution in [0.15, 0.2) is 24.3 Å². The highest BCUT2D eigenvalue weighted by atomic mass is 16.2. The molecule has 4 unspecified atom stereocenters. The van der Waals surface area contributed by atoms with Gasteiger partial charge in [0.15, 0.2) is 0 Å². The molecule has 24 heavy (non-hydrogen) atoms. The van der Waals surface area contributed by atoms with Gasteiger partial charge in [-0.2, -0.15) is 0 Å². The Morgan fingerprint density at radius 1 is 1.17 bits per heavy atom. The quantitative estimate of drug-likeness (QED) is 0.842. The molecule has 0 spiro atoms. The molecule has 2 bridgehead atoms. The third-order valence-electron chi connectivity index (χ3n) is 6.17. The lowest BCUT2D eigenvalue weighted by atomic mass is 9.98. The molecule has 3 heterocycles. The second-order valence-electron chi connectivity index (χ2n) is 7.36. The zero-order chi connectivity index (χ0) is 16.8. The molecule has 4 amide bonds. The first-order chi connectivity index (χ1) is 11.6. The topological polar surface area (TPSA) is 55.9 Å². The summed E-state index contributed by atoms with van der Waals surface area (Å²) in [5.41, 5.74) is 0. The first-order valence-corrected chi connectivity index (χ1v) is 9.07. The predicted octanol–water partition coefficient (Wildman–Crippen LogP) is 1.94. The van der Waals surface area contributed by atoms with Gasteiger partial charge in [-0.25, -0.2) is 14.5 Å². The van der Waals surface area contributed by atoms with Crippen molar-refractivity contribution in [2.24, 2.45) is 0 Å². The van der Waals surface area contributed by atoms with Crippen molar-refractivity contribution in [1.29, 1.82) is 0 Å². The van der Waals surface area contributed by atoms with E-state index < -0.39 is 0 Å². The summed E-state index contributed by atoms with van der Waals surface area (Å²) < 4.78 is 0. The average molecular weight is 330 g/mol. The second-order valence-corrected chi connectivity index (χ2v) is 7.36. The van der Waals surface area contributed by atoms with Crippen molar-refractivity contribution in [1.82, 2.24) is 20.0 Å². The number of nitrogens with one attached hydrogen (secondary N) is 1. The molecule has 130 valence electrons. The Hall–Kier alpha value is -1.82. The van der Waals surface area contributed by atoms with E-state index in [9.17, 15) is 9.59 Å². The van der Waals surface area contributed by atoms with E-state index in [1.54, 1.807) is 4.90 Å². The average Bonchev–Trinajstić information content (AvgIpc) is 2.95. The molecule has 4 aliphatic rings. The van der Waals surface area contributed by atoms with Crippen LogP contribution in [-0.4, -0.2) is 70.6 Å². The zero-order valence-electron chi connectivity index (χ0n) is 14.4. The van der Waals surface area contributed by atoms with Gasteiger partial charge in [0.25, 0.3) is 0 Å². The third-order valence-corrected chi connectivity index (χ3v) is 6.17. The normalized spacial score (nSPS) is 37.9. The van der Waals surface area contributed by atoms with E-state index in [1.807, 2.05) is 31.2 Å². The van der Waals surface area contributed by atoms with Crippen molar-refractivity contribution in [2.45, 2.75) is 62.8 Å². The smallest absolute Gasteiger partial charge is 0.329 e. The van der Waals surface area contributed by atoms with Crippen LogP contribution in [0.5, 0.6) is 0 Å². The maximum atomic E-state index is 12.9. The molecule has 0 aromatic heterocycles. The molecule has 0 aromatic rings. The number of rotatable bonds is 2. The lowest BCUT2D eigenvalue weighted by Crippen LogP contribution is -2.53. The molecule has 6 nitrogen and oxygen atoms in total. The van der Waals surface area contributed by atoms with Crippen LogP contribution in [-0.2, 0) is 0 Å². The van der Waals surface area contributed by atoms with E-state index in [-0.39, 0.29) is 30.2 Å². The number of hydrogen-bond donors (Lipinski definition) is 1. The summed E-state index contributed by atoms with van der Waals surface area (Å²) in [6.45, 7) is 2.57. The van der Waals surface area contributed by atoms with Gasteiger partial charge >= 0.3 is 12.1 Å². The lowest BCUT2D eigenvalue weighted by molar-refractivity contribution is 0.142. The van der Waals surface area contributed by atoms with Crippen LogP contribution in [0.4, 0.5) is 9.59 Å². The van der Waals surface area contributed by atoms with E-state index in [0.29, 0.717) is 18.6 Å². The van der Waals surface area contributed by atoms with Crippen molar-refractivity contribution in [3.63, 3.8) is 0 Å². The highest BCUT2D eigenvalue weighted by Gasteiger charge is 2.47. The van der Waals surface area contributed by atoms with E-state index in [2.05, 4.69) is 17.3 Å². The number of nitrogens with zero attached hydrogens (tertiary/aromatic N) is 3. The van der Waals surface area contributed by atoms with Gasteiger partial charge in [-0.05, 0) is 39.7 Å². The highest BCUT2D eigenvalue weighted by molar-refractivity contribution is 5.96. The number of allylic oxidation sites excluding steroid dienone is 2. The van der Waals surface area contributed by atoms with Gasteiger partial charge in [-0.15, -0.1) is 0 Å². The van der Waals surface area contributed by atoms with Crippen molar-refractivity contribution in [2.75, 3.05) is 13.6 Å². The molecule has 3 saturated heterocycles. The number of imide groups is 1. The third kappa shape index (κ3) is 2.35. The summed E-state index contributed by atoms with van der Waals surface area (Å²) in [5.74, 6) is 0. The van der Waals surface area contributed by atoms with Gasteiger partial charge < -0.3 is 15.1 Å². The number of carbonyl (C=O) groups excluding carboxylic acids is 2. The molecule has 6 heteroatoms. The number of piperidine rings is 1. The van der Waals surface area contributed by atoms with E-state index in [0.717, 1.165) is 12.8 Å². The number of carbonyl (C=O) groups is 2. The molecule has 1 N–H and O–H groups in total. The number of amides is 4. The van der Waals surface area contributed by atoms with Gasteiger partial charge in [-0.3, -0.25) is 0 Å². The number of likely N-dealkylation sites (N-methyl/N-ethyl adjacent to an activating group) is 1.